The van der Waals surface area contributed by atoms with Crippen molar-refractivity contribution >= 4 is 15.9 Å². The highest BCUT2D eigenvalue weighted by Gasteiger charge is 2.32. The van der Waals surface area contributed by atoms with Crippen molar-refractivity contribution in [2.75, 3.05) is 7.11 Å². The van der Waals surface area contributed by atoms with Crippen LogP contribution in [0.4, 0.5) is 0 Å². The van der Waals surface area contributed by atoms with E-state index in [4.69, 9.17) is 10.00 Å². The number of hydrogen-bond donors (Lipinski definition) is 1. The molecule has 0 bridgehead atoms. The van der Waals surface area contributed by atoms with Crippen LogP contribution in [-0.4, -0.2) is 21.4 Å². The number of nitriles is 1. The number of nitrogens with one attached hydrogen (secondary N) is 1. The molecule has 1 amide bonds. The van der Waals surface area contributed by atoms with Crippen molar-refractivity contribution in [1.82, 2.24) is 4.72 Å². The van der Waals surface area contributed by atoms with Crippen LogP contribution in [-0.2, 0) is 21.2 Å². The summed E-state index contributed by atoms with van der Waals surface area (Å²) in [6.07, 6.45) is 1.18. The van der Waals surface area contributed by atoms with Gasteiger partial charge >= 0.3 is 0 Å². The van der Waals surface area contributed by atoms with Gasteiger partial charge in [-0.3, -0.25) is 4.79 Å². The van der Waals surface area contributed by atoms with E-state index >= 15 is 0 Å². The van der Waals surface area contributed by atoms with Crippen molar-refractivity contribution in [2.24, 2.45) is 0 Å². The van der Waals surface area contributed by atoms with Crippen LogP contribution in [0.2, 0.25) is 0 Å². The van der Waals surface area contributed by atoms with Crippen molar-refractivity contribution in [3.05, 3.63) is 59.2 Å². The lowest BCUT2D eigenvalue weighted by Gasteiger charge is -2.13. The van der Waals surface area contributed by atoms with E-state index in [-0.39, 0.29) is 10.5 Å². The molecule has 1 aliphatic rings. The van der Waals surface area contributed by atoms with Gasteiger partial charge in [-0.15, -0.1) is 0 Å². The van der Waals surface area contributed by atoms with E-state index in [9.17, 15) is 13.2 Å². The first-order valence-corrected chi connectivity index (χ1v) is 9.17. The van der Waals surface area contributed by atoms with Gasteiger partial charge in [0.2, 0.25) is 5.91 Å². The summed E-state index contributed by atoms with van der Waals surface area (Å²) in [6.45, 7) is 0. The lowest BCUT2D eigenvalue weighted by Crippen LogP contribution is -2.34. The predicted molar refractivity (Wildman–Crippen MR) is 90.5 cm³/mol. The van der Waals surface area contributed by atoms with E-state index < -0.39 is 21.8 Å². The van der Waals surface area contributed by atoms with E-state index in [0.29, 0.717) is 18.6 Å². The molecule has 6 nitrogen and oxygen atoms in total. The van der Waals surface area contributed by atoms with Gasteiger partial charge in [0.1, 0.15) is 5.75 Å². The van der Waals surface area contributed by atoms with Gasteiger partial charge in [-0.25, -0.2) is 13.1 Å². The summed E-state index contributed by atoms with van der Waals surface area (Å²) >= 11 is 0. The van der Waals surface area contributed by atoms with Crippen molar-refractivity contribution < 1.29 is 17.9 Å². The van der Waals surface area contributed by atoms with Crippen LogP contribution in [0.3, 0.4) is 0 Å². The van der Waals surface area contributed by atoms with Crippen molar-refractivity contribution in [3.63, 3.8) is 0 Å². The number of nitrogens with zero attached hydrogens (tertiary/aromatic N) is 1. The van der Waals surface area contributed by atoms with Crippen LogP contribution in [0.5, 0.6) is 5.75 Å². The first-order chi connectivity index (χ1) is 12.0. The van der Waals surface area contributed by atoms with E-state index in [1.165, 1.54) is 24.3 Å². The predicted octanol–water partition coefficient (Wildman–Crippen LogP) is 2.10. The van der Waals surface area contributed by atoms with Crippen LogP contribution in [0, 0.1) is 11.3 Å². The van der Waals surface area contributed by atoms with Crippen molar-refractivity contribution in [3.8, 4) is 11.8 Å². The molecule has 0 saturated heterocycles. The summed E-state index contributed by atoms with van der Waals surface area (Å²) in [6, 6.07) is 12.9. The minimum Gasteiger partial charge on any atom is -0.496 e. The lowest BCUT2D eigenvalue weighted by molar-refractivity contribution is -0.120. The molecule has 0 heterocycles. The average molecular weight is 356 g/mol. The summed E-state index contributed by atoms with van der Waals surface area (Å²) in [5.74, 6) is -0.411. The first kappa shape index (κ1) is 17.0. The maximum Gasteiger partial charge on any atom is 0.264 e. The third-order valence-electron chi connectivity index (χ3n) is 4.27. The molecule has 7 heteroatoms. The molecule has 0 saturated carbocycles. The average Bonchev–Trinajstić information content (AvgIpc) is 3.05. The minimum absolute atomic E-state index is 0.108. The Morgan fingerprint density at radius 3 is 2.76 bits per heavy atom. The zero-order chi connectivity index (χ0) is 18.0. The van der Waals surface area contributed by atoms with Crippen molar-refractivity contribution in [1.29, 1.82) is 5.26 Å². The smallest absolute Gasteiger partial charge is 0.264 e. The Bertz CT molecular complexity index is 977. The fourth-order valence-corrected chi connectivity index (χ4v) is 4.14. The molecule has 0 spiro atoms. The Balaban J connectivity index is 1.86. The maximum atomic E-state index is 12.6. The number of carbonyl (C=O) groups excluding carboxylic acids is 1. The summed E-state index contributed by atoms with van der Waals surface area (Å²) in [5, 5.41) is 8.90. The molecule has 0 aliphatic heterocycles. The van der Waals surface area contributed by atoms with Crippen LogP contribution in [0.25, 0.3) is 0 Å². The second kappa shape index (κ2) is 6.57. The van der Waals surface area contributed by atoms with Gasteiger partial charge in [0.05, 0.1) is 29.6 Å². The second-order valence-electron chi connectivity index (χ2n) is 5.73. The quantitative estimate of drug-likeness (QED) is 0.905. The zero-order valence-corrected chi connectivity index (χ0v) is 14.3. The molecule has 0 aromatic heterocycles. The third kappa shape index (κ3) is 3.21. The van der Waals surface area contributed by atoms with E-state index in [1.807, 2.05) is 18.2 Å². The Morgan fingerprint density at radius 1 is 1.28 bits per heavy atom. The molecule has 1 aliphatic carbocycles. The molecule has 25 heavy (non-hydrogen) atoms. The largest absolute Gasteiger partial charge is 0.496 e. The molecule has 1 atom stereocenters. The first-order valence-electron chi connectivity index (χ1n) is 7.69. The molecule has 0 radical (unpaired) electrons. The molecule has 1 unspecified atom stereocenters. The van der Waals surface area contributed by atoms with Crippen molar-refractivity contribution in [2.45, 2.75) is 23.7 Å². The second-order valence-corrected chi connectivity index (χ2v) is 7.41. The maximum absolute atomic E-state index is 12.6. The summed E-state index contributed by atoms with van der Waals surface area (Å²) in [5.41, 5.74) is 1.94. The Labute approximate surface area is 146 Å². The van der Waals surface area contributed by atoms with Crippen LogP contribution >= 0.6 is 0 Å². The lowest BCUT2D eigenvalue weighted by atomic mass is 10.0. The van der Waals surface area contributed by atoms with Crippen LogP contribution in [0.15, 0.2) is 47.4 Å². The van der Waals surface area contributed by atoms with Gasteiger partial charge in [-0.05, 0) is 48.2 Å². The number of methoxy groups -OCH3 is 1. The zero-order valence-electron chi connectivity index (χ0n) is 13.5. The number of amides is 1. The molecule has 2 aromatic rings. The topological polar surface area (TPSA) is 96.3 Å². The molecular weight excluding hydrogens is 340 g/mol. The minimum atomic E-state index is -4.03. The number of benzene rings is 2. The standard InChI is InChI=1S/C18H16N2O4S/c1-24-17-7-3-6-14-15(17)8-9-16(14)18(21)20-25(22,23)13-5-2-4-12(10-13)11-19/h2-7,10,16H,8-9H2,1H3,(H,20,21). The van der Waals surface area contributed by atoms with Gasteiger partial charge in [-0.2, -0.15) is 5.26 Å². The molecule has 128 valence electrons. The van der Waals surface area contributed by atoms with Crippen LogP contribution < -0.4 is 9.46 Å². The summed E-state index contributed by atoms with van der Waals surface area (Å²) in [4.78, 5) is 12.4. The Hall–Kier alpha value is -2.85. The molecule has 3 rings (SSSR count). The number of ether oxygens (including phenoxy) is 1. The number of sulfonamides is 1. The van der Waals surface area contributed by atoms with Gasteiger partial charge in [0, 0.05) is 0 Å². The highest BCUT2D eigenvalue weighted by molar-refractivity contribution is 7.90. The fourth-order valence-electron chi connectivity index (χ4n) is 3.08. The molecular formula is C18H16N2O4S. The number of fused-ring (bicyclic) bond motifs is 1. The highest BCUT2D eigenvalue weighted by atomic mass is 32.2. The van der Waals surface area contributed by atoms with E-state index in [2.05, 4.69) is 4.72 Å². The summed E-state index contributed by atoms with van der Waals surface area (Å²) in [7, 11) is -2.46. The monoisotopic (exact) mass is 356 g/mol. The molecule has 0 fully saturated rings. The van der Waals surface area contributed by atoms with Gasteiger partial charge in [0.15, 0.2) is 0 Å². The van der Waals surface area contributed by atoms with Gasteiger partial charge in [-0.1, -0.05) is 18.2 Å². The number of hydrogen-bond acceptors (Lipinski definition) is 5. The van der Waals surface area contributed by atoms with Crippen LogP contribution in [0.1, 0.15) is 29.0 Å². The van der Waals surface area contributed by atoms with E-state index in [0.717, 1.165) is 11.1 Å². The number of rotatable bonds is 4. The van der Waals surface area contributed by atoms with E-state index in [1.54, 1.807) is 13.2 Å². The number of carbonyl (C=O) groups is 1. The molecule has 2 aromatic carbocycles. The molecule has 1 N–H and O–H groups in total. The highest BCUT2D eigenvalue weighted by Crippen LogP contribution is 2.38. The Morgan fingerprint density at radius 2 is 2.04 bits per heavy atom. The third-order valence-corrected chi connectivity index (χ3v) is 5.62. The van der Waals surface area contributed by atoms with Gasteiger partial charge < -0.3 is 4.74 Å². The summed E-state index contributed by atoms with van der Waals surface area (Å²) < 4.78 is 32.3. The normalized spacial score (nSPS) is 15.9. The fraction of sp³-hybridized carbons (Fsp3) is 0.222. The van der Waals surface area contributed by atoms with Gasteiger partial charge in [0.25, 0.3) is 10.0 Å². The SMILES string of the molecule is COc1cccc2c1CCC2C(=O)NS(=O)(=O)c1cccc(C#N)c1. The Kier molecular flexibility index (Phi) is 4.47.